The molecule has 140 valence electrons. The van der Waals surface area contributed by atoms with Crippen LogP contribution in [0.1, 0.15) is 33.6 Å². The van der Waals surface area contributed by atoms with E-state index in [4.69, 9.17) is 9.16 Å². The zero-order valence-corrected chi connectivity index (χ0v) is 17.0. The van der Waals surface area contributed by atoms with Crippen LogP contribution in [0.15, 0.2) is 60.7 Å². The van der Waals surface area contributed by atoms with E-state index in [9.17, 15) is 5.11 Å². The van der Waals surface area contributed by atoms with Crippen LogP contribution in [0.25, 0.3) is 0 Å². The summed E-state index contributed by atoms with van der Waals surface area (Å²) in [5.41, 5.74) is 0. The van der Waals surface area contributed by atoms with Crippen LogP contribution in [0.2, 0.25) is 5.04 Å². The Morgan fingerprint density at radius 1 is 1.00 bits per heavy atom. The summed E-state index contributed by atoms with van der Waals surface area (Å²) in [6.07, 6.45) is 1.70. The van der Waals surface area contributed by atoms with Crippen molar-refractivity contribution in [2.24, 2.45) is 0 Å². The topological polar surface area (TPSA) is 38.7 Å². The van der Waals surface area contributed by atoms with E-state index in [1.165, 1.54) is 10.4 Å². The van der Waals surface area contributed by atoms with Crippen molar-refractivity contribution in [1.82, 2.24) is 0 Å². The number of rotatable bonds is 6. The number of aliphatic hydroxyl groups excluding tert-OH is 1. The lowest BCUT2D eigenvalue weighted by Crippen LogP contribution is -2.67. The van der Waals surface area contributed by atoms with Crippen LogP contribution >= 0.6 is 0 Å². The highest BCUT2D eigenvalue weighted by Crippen LogP contribution is 2.38. The lowest BCUT2D eigenvalue weighted by Gasteiger charge is -2.44. The third-order valence-corrected chi connectivity index (χ3v) is 10.3. The first-order chi connectivity index (χ1) is 12.5. The maximum absolute atomic E-state index is 9.22. The minimum atomic E-state index is -2.51. The van der Waals surface area contributed by atoms with Gasteiger partial charge in [-0.3, -0.25) is 0 Å². The molecular formula is C22H30O3Si. The fourth-order valence-corrected chi connectivity index (χ4v) is 8.72. The molecule has 3 nitrogen and oxygen atoms in total. The van der Waals surface area contributed by atoms with E-state index >= 15 is 0 Å². The molecule has 1 aliphatic rings. The number of aliphatic hydroxyl groups is 1. The number of ether oxygens (including phenoxy) is 1. The van der Waals surface area contributed by atoms with Crippen molar-refractivity contribution in [3.63, 3.8) is 0 Å². The minimum absolute atomic E-state index is 0.0230. The Hall–Kier alpha value is -1.46. The van der Waals surface area contributed by atoms with E-state index in [-0.39, 0.29) is 23.9 Å². The van der Waals surface area contributed by atoms with Crippen molar-refractivity contribution in [1.29, 1.82) is 0 Å². The summed E-state index contributed by atoms with van der Waals surface area (Å²) in [4.78, 5) is 0. The summed E-state index contributed by atoms with van der Waals surface area (Å²) in [6, 6.07) is 21.4. The van der Waals surface area contributed by atoms with Gasteiger partial charge in [-0.1, -0.05) is 81.4 Å². The van der Waals surface area contributed by atoms with Gasteiger partial charge < -0.3 is 14.3 Å². The summed E-state index contributed by atoms with van der Waals surface area (Å²) in [5.74, 6) is 0. The summed E-state index contributed by atoms with van der Waals surface area (Å²) in [6.45, 7) is 7.65. The van der Waals surface area contributed by atoms with Crippen LogP contribution in [0.3, 0.4) is 0 Å². The molecule has 1 N–H and O–H groups in total. The van der Waals surface area contributed by atoms with Crippen molar-refractivity contribution in [2.45, 2.75) is 50.9 Å². The average molecular weight is 371 g/mol. The molecule has 2 atom stereocenters. The Bertz CT molecular complexity index is 642. The fourth-order valence-electron chi connectivity index (χ4n) is 4.04. The van der Waals surface area contributed by atoms with Gasteiger partial charge in [0.2, 0.25) is 0 Å². The summed E-state index contributed by atoms with van der Waals surface area (Å²) >= 11 is 0. The van der Waals surface area contributed by atoms with Crippen molar-refractivity contribution in [2.75, 3.05) is 13.2 Å². The molecule has 0 spiro atoms. The third-order valence-electron chi connectivity index (χ3n) is 5.25. The monoisotopic (exact) mass is 370 g/mol. The van der Waals surface area contributed by atoms with E-state index in [1.807, 2.05) is 0 Å². The molecule has 1 aliphatic heterocycles. The van der Waals surface area contributed by atoms with Crippen LogP contribution in [-0.2, 0) is 9.16 Å². The first-order valence-corrected chi connectivity index (χ1v) is 11.4. The van der Waals surface area contributed by atoms with Gasteiger partial charge in [0.1, 0.15) is 0 Å². The van der Waals surface area contributed by atoms with Crippen LogP contribution in [-0.4, -0.2) is 38.8 Å². The number of hydrogen-bond donors (Lipinski definition) is 1. The first-order valence-electron chi connectivity index (χ1n) is 9.48. The first kappa shape index (κ1) is 19.3. The molecule has 1 saturated heterocycles. The van der Waals surface area contributed by atoms with Gasteiger partial charge in [-0.25, -0.2) is 0 Å². The van der Waals surface area contributed by atoms with E-state index in [0.29, 0.717) is 13.0 Å². The summed E-state index contributed by atoms with van der Waals surface area (Å²) < 4.78 is 12.9. The normalized spacial score (nSPS) is 21.1. The Kier molecular flexibility index (Phi) is 5.98. The zero-order chi connectivity index (χ0) is 18.6. The largest absolute Gasteiger partial charge is 0.402 e. The van der Waals surface area contributed by atoms with Gasteiger partial charge in [0.05, 0.1) is 18.8 Å². The van der Waals surface area contributed by atoms with Crippen LogP contribution in [0, 0.1) is 0 Å². The lowest BCUT2D eigenvalue weighted by molar-refractivity contribution is 0.0754. The molecule has 4 heteroatoms. The maximum Gasteiger partial charge on any atom is 0.261 e. The molecule has 2 aromatic rings. The highest BCUT2D eigenvalue weighted by Gasteiger charge is 2.52. The van der Waals surface area contributed by atoms with Crippen LogP contribution in [0.5, 0.6) is 0 Å². The van der Waals surface area contributed by atoms with Gasteiger partial charge in [-0.2, -0.15) is 0 Å². The van der Waals surface area contributed by atoms with E-state index in [2.05, 4.69) is 81.4 Å². The number of benzene rings is 2. The highest BCUT2D eigenvalue weighted by molar-refractivity contribution is 6.99. The molecule has 0 saturated carbocycles. The molecule has 0 aliphatic carbocycles. The lowest BCUT2D eigenvalue weighted by atomic mass is 10.2. The minimum Gasteiger partial charge on any atom is -0.402 e. The standard InChI is InChI=1S/C22H30O3Si/c1-22(2,3)26(20-10-6-4-7-11-20,21-12-8-5-9-13-21)25-19-16-18(14-15-23)24-17-19/h4-13,18-19,23H,14-17H2,1-3H3/t18-,19-/m1/s1. The molecule has 2 aromatic carbocycles. The second-order valence-corrected chi connectivity index (χ2v) is 12.4. The van der Waals surface area contributed by atoms with Gasteiger partial charge in [-0.15, -0.1) is 0 Å². The van der Waals surface area contributed by atoms with Gasteiger partial charge >= 0.3 is 0 Å². The second kappa shape index (κ2) is 8.05. The second-order valence-electron chi connectivity index (χ2n) is 8.11. The molecular weight excluding hydrogens is 340 g/mol. The van der Waals surface area contributed by atoms with Gasteiger partial charge in [0.25, 0.3) is 8.32 Å². The Labute approximate surface area is 158 Å². The zero-order valence-electron chi connectivity index (χ0n) is 16.0. The van der Waals surface area contributed by atoms with E-state index in [1.54, 1.807) is 0 Å². The smallest absolute Gasteiger partial charge is 0.261 e. The van der Waals surface area contributed by atoms with Crippen LogP contribution in [0.4, 0.5) is 0 Å². The Balaban J connectivity index is 2.04. The van der Waals surface area contributed by atoms with Gasteiger partial charge in [0.15, 0.2) is 0 Å². The molecule has 0 radical (unpaired) electrons. The van der Waals surface area contributed by atoms with Crippen LogP contribution < -0.4 is 10.4 Å². The van der Waals surface area contributed by atoms with E-state index < -0.39 is 8.32 Å². The molecule has 1 heterocycles. The van der Waals surface area contributed by atoms with Gasteiger partial charge in [-0.05, 0) is 21.8 Å². The highest BCUT2D eigenvalue weighted by atomic mass is 28.4. The van der Waals surface area contributed by atoms with Crippen molar-refractivity contribution >= 4 is 18.7 Å². The predicted octanol–water partition coefficient (Wildman–Crippen LogP) is 3.10. The average Bonchev–Trinajstić information content (AvgIpc) is 3.07. The molecule has 0 unspecified atom stereocenters. The summed E-state index contributed by atoms with van der Waals surface area (Å²) in [5, 5.41) is 11.8. The molecule has 0 bridgehead atoms. The quantitative estimate of drug-likeness (QED) is 0.794. The van der Waals surface area contributed by atoms with Crippen molar-refractivity contribution in [3.8, 4) is 0 Å². The third kappa shape index (κ3) is 3.79. The molecule has 0 aromatic heterocycles. The van der Waals surface area contributed by atoms with Crippen molar-refractivity contribution < 1.29 is 14.3 Å². The van der Waals surface area contributed by atoms with Crippen molar-refractivity contribution in [3.05, 3.63) is 60.7 Å². The summed E-state index contributed by atoms with van der Waals surface area (Å²) in [7, 11) is -2.51. The molecule has 1 fully saturated rings. The predicted molar refractivity (Wildman–Crippen MR) is 109 cm³/mol. The molecule has 3 rings (SSSR count). The molecule has 0 amide bonds. The Morgan fingerprint density at radius 3 is 2.00 bits per heavy atom. The number of hydrogen-bond acceptors (Lipinski definition) is 3. The fraction of sp³-hybridized carbons (Fsp3) is 0.455. The maximum atomic E-state index is 9.22. The Morgan fingerprint density at radius 2 is 1.54 bits per heavy atom. The SMILES string of the molecule is CC(C)(C)[Si](O[C@H]1CO[C@H](CCO)C1)(c1ccccc1)c1ccccc1. The van der Waals surface area contributed by atoms with Gasteiger partial charge in [0, 0.05) is 13.0 Å². The van der Waals surface area contributed by atoms with E-state index in [0.717, 1.165) is 6.42 Å². The molecule has 26 heavy (non-hydrogen) atoms.